The second kappa shape index (κ2) is 10.4. The van der Waals surface area contributed by atoms with E-state index in [0.717, 1.165) is 16.9 Å². The van der Waals surface area contributed by atoms with Crippen LogP contribution in [0.15, 0.2) is 30.2 Å². The average Bonchev–Trinajstić information content (AvgIpc) is 3.19. The van der Waals surface area contributed by atoms with Crippen molar-refractivity contribution >= 4 is 68.8 Å². The van der Waals surface area contributed by atoms with Crippen molar-refractivity contribution in [2.24, 2.45) is 0 Å². The molecule has 4 rings (SSSR count). The molecule has 14 heteroatoms. The van der Waals surface area contributed by atoms with Gasteiger partial charge in [-0.2, -0.15) is 0 Å². The SMILES string of the molecule is CC(=O)Nc1nnc(C2=C(C(=O)[O-])N3C(=O)C(NC(=S)Cc4ccncc4)[C@@H]3SC2)s1.[Na+]. The predicted molar refractivity (Wildman–Crippen MR) is 117 cm³/mol. The van der Waals surface area contributed by atoms with Crippen LogP contribution < -0.4 is 45.3 Å². The summed E-state index contributed by atoms with van der Waals surface area (Å²) in [4.78, 5) is 41.5. The van der Waals surface area contributed by atoms with Gasteiger partial charge in [-0.15, -0.1) is 22.0 Å². The number of hydrogen-bond acceptors (Lipinski definition) is 10. The fourth-order valence-corrected chi connectivity index (χ4v) is 5.79. The smallest absolute Gasteiger partial charge is 0.543 e. The maximum absolute atomic E-state index is 12.8. The summed E-state index contributed by atoms with van der Waals surface area (Å²) >= 11 is 7.80. The molecule has 2 N–H and O–H groups in total. The Kier molecular flexibility index (Phi) is 8.01. The predicted octanol–water partition coefficient (Wildman–Crippen LogP) is -3.20. The van der Waals surface area contributed by atoms with Crippen LogP contribution in [0, 0.1) is 0 Å². The number of fused-ring (bicyclic) bond motifs is 1. The number of anilines is 1. The van der Waals surface area contributed by atoms with Crippen molar-refractivity contribution < 1.29 is 49.0 Å². The molecule has 2 aliphatic rings. The molecule has 0 spiro atoms. The maximum Gasteiger partial charge on any atom is 1.00 e. The Labute approximate surface area is 218 Å². The molecule has 4 heterocycles. The van der Waals surface area contributed by atoms with E-state index in [0.29, 0.717) is 27.7 Å². The number of hydrogen-bond donors (Lipinski definition) is 2. The first-order valence-corrected chi connectivity index (χ1v) is 11.3. The zero-order chi connectivity index (χ0) is 22.1. The summed E-state index contributed by atoms with van der Waals surface area (Å²) in [5.41, 5.74) is 1.06. The van der Waals surface area contributed by atoms with Crippen LogP contribution in [0.4, 0.5) is 5.13 Å². The minimum Gasteiger partial charge on any atom is -0.543 e. The summed E-state index contributed by atoms with van der Waals surface area (Å²) in [6.07, 6.45) is 3.77. The first-order chi connectivity index (χ1) is 14.8. The molecule has 1 saturated heterocycles. The first-order valence-electron chi connectivity index (χ1n) is 9.04. The van der Waals surface area contributed by atoms with Crippen LogP contribution in [0.2, 0.25) is 0 Å². The van der Waals surface area contributed by atoms with Gasteiger partial charge in [0.25, 0.3) is 5.91 Å². The van der Waals surface area contributed by atoms with Crippen LogP contribution >= 0.6 is 35.3 Å². The van der Waals surface area contributed by atoms with E-state index in [1.165, 1.54) is 23.6 Å². The van der Waals surface area contributed by atoms with E-state index in [-0.39, 0.29) is 46.3 Å². The zero-order valence-electron chi connectivity index (χ0n) is 17.0. The molecule has 0 radical (unpaired) electrons. The van der Waals surface area contributed by atoms with Crippen molar-refractivity contribution in [1.29, 1.82) is 0 Å². The van der Waals surface area contributed by atoms with E-state index in [1.54, 1.807) is 12.4 Å². The summed E-state index contributed by atoms with van der Waals surface area (Å²) in [5, 5.41) is 25.4. The molecule has 1 fully saturated rings. The van der Waals surface area contributed by atoms with Crippen molar-refractivity contribution in [3.63, 3.8) is 0 Å². The summed E-state index contributed by atoms with van der Waals surface area (Å²) in [6, 6.07) is 3.04. The van der Waals surface area contributed by atoms with Crippen molar-refractivity contribution in [2.45, 2.75) is 24.8 Å². The van der Waals surface area contributed by atoms with E-state index in [2.05, 4.69) is 25.8 Å². The van der Waals surface area contributed by atoms with Crippen molar-refractivity contribution in [1.82, 2.24) is 25.4 Å². The molecule has 2 aliphatic heterocycles. The van der Waals surface area contributed by atoms with E-state index >= 15 is 0 Å². The van der Waals surface area contributed by atoms with Gasteiger partial charge in [-0.1, -0.05) is 23.6 Å². The minimum absolute atomic E-state index is 0. The van der Waals surface area contributed by atoms with Gasteiger partial charge in [-0.05, 0) is 17.7 Å². The average molecular weight is 499 g/mol. The molecule has 0 bridgehead atoms. The number of carbonyl (C=O) groups is 3. The van der Waals surface area contributed by atoms with E-state index in [9.17, 15) is 19.5 Å². The molecule has 10 nitrogen and oxygen atoms in total. The summed E-state index contributed by atoms with van der Waals surface area (Å²) in [5.74, 6) is -1.90. The normalized spacial score (nSPS) is 19.4. The third-order valence-corrected chi connectivity index (χ3v) is 7.00. The molecule has 2 aromatic rings. The minimum atomic E-state index is -1.47. The first kappa shape index (κ1) is 24.7. The Bertz CT molecular complexity index is 1110. The van der Waals surface area contributed by atoms with Crippen LogP contribution in [0.3, 0.4) is 0 Å². The van der Waals surface area contributed by atoms with E-state index in [4.69, 9.17) is 12.2 Å². The standard InChI is InChI=1S/C18H16N6O4S3.Na/c1-8(25)20-18-23-22-14(31-18)10-7-30-16-12(15(26)24(16)13(10)17(27)28)21-11(29)6-9-2-4-19-5-3-9;/h2-5,12,16H,6-7H2,1H3,(H,21,29)(H,27,28)(H,20,23,25);/q;+1/p-1/t12?,16-;/m0./s1. The Morgan fingerprint density at radius 2 is 2.03 bits per heavy atom. The van der Waals surface area contributed by atoms with E-state index < -0.39 is 23.3 Å². The van der Waals surface area contributed by atoms with Crippen molar-refractivity contribution in [3.8, 4) is 0 Å². The third-order valence-electron chi connectivity index (χ3n) is 4.56. The molecule has 0 aliphatic carbocycles. The van der Waals surface area contributed by atoms with Gasteiger partial charge >= 0.3 is 29.6 Å². The molecule has 1 unspecified atom stereocenters. The molecule has 32 heavy (non-hydrogen) atoms. The van der Waals surface area contributed by atoms with Crippen molar-refractivity contribution in [3.05, 3.63) is 40.8 Å². The van der Waals surface area contributed by atoms with Gasteiger partial charge in [-0.3, -0.25) is 19.5 Å². The number of nitrogens with zero attached hydrogens (tertiary/aromatic N) is 4. The summed E-state index contributed by atoms with van der Waals surface area (Å²) < 4.78 is 0. The molecule has 2 atom stereocenters. The van der Waals surface area contributed by atoms with Gasteiger partial charge in [-0.25, -0.2) is 0 Å². The molecule has 0 aromatic carbocycles. The topological polar surface area (TPSA) is 140 Å². The number of pyridine rings is 1. The zero-order valence-corrected chi connectivity index (χ0v) is 21.5. The van der Waals surface area contributed by atoms with Gasteiger partial charge in [0.1, 0.15) is 16.4 Å². The van der Waals surface area contributed by atoms with Crippen LogP contribution in [-0.2, 0) is 20.8 Å². The number of β-lactam (4-membered cyclic amide) rings is 1. The Morgan fingerprint density at radius 1 is 1.31 bits per heavy atom. The number of thiocarbonyl (C=S) groups is 1. The van der Waals surface area contributed by atoms with Crippen LogP contribution in [0.5, 0.6) is 0 Å². The van der Waals surface area contributed by atoms with Crippen LogP contribution in [-0.4, -0.2) is 60.0 Å². The van der Waals surface area contributed by atoms with Crippen molar-refractivity contribution in [2.75, 3.05) is 11.1 Å². The summed E-state index contributed by atoms with van der Waals surface area (Å²) in [7, 11) is 0. The molecular formula is C18H15N6NaO4S3. The monoisotopic (exact) mass is 498 g/mol. The number of aliphatic carboxylic acids is 1. The summed E-state index contributed by atoms with van der Waals surface area (Å²) in [6.45, 7) is 1.33. The molecule has 160 valence electrons. The quantitative estimate of drug-likeness (QED) is 0.238. The maximum atomic E-state index is 12.8. The fraction of sp³-hybridized carbons (Fsp3) is 0.278. The molecule has 2 aromatic heterocycles. The van der Waals surface area contributed by atoms with Gasteiger partial charge in [0.2, 0.25) is 11.0 Å². The van der Waals surface area contributed by atoms with Gasteiger partial charge in [0.05, 0.1) is 16.7 Å². The number of amides is 2. The van der Waals surface area contributed by atoms with Gasteiger partial charge in [0.15, 0.2) is 0 Å². The second-order valence-corrected chi connectivity index (χ2v) is 9.27. The Balaban J connectivity index is 0.00000289. The Hall–Kier alpha value is -1.90. The number of aromatic nitrogens is 3. The van der Waals surface area contributed by atoms with Crippen LogP contribution in [0.1, 0.15) is 17.5 Å². The number of thioether (sulfide) groups is 1. The number of rotatable bonds is 6. The second-order valence-electron chi connectivity index (χ2n) is 6.70. The number of nitrogens with one attached hydrogen (secondary N) is 2. The van der Waals surface area contributed by atoms with Gasteiger partial charge < -0.3 is 20.5 Å². The Morgan fingerprint density at radius 3 is 2.69 bits per heavy atom. The number of carboxylic acids is 1. The van der Waals surface area contributed by atoms with Gasteiger partial charge in [0, 0.05) is 37.1 Å². The number of carbonyl (C=O) groups excluding carboxylic acids is 3. The third kappa shape index (κ3) is 5.02. The largest absolute Gasteiger partial charge is 1.00 e. The fourth-order valence-electron chi connectivity index (χ4n) is 3.23. The number of carboxylic acid groups (broad SMARTS) is 1. The molecular weight excluding hydrogens is 483 g/mol. The molecule has 2 amide bonds. The molecule has 0 saturated carbocycles. The van der Waals surface area contributed by atoms with E-state index in [1.807, 2.05) is 12.1 Å². The van der Waals surface area contributed by atoms with Crippen LogP contribution in [0.25, 0.3) is 5.57 Å².